The Balaban J connectivity index is 1.67. The third-order valence-electron chi connectivity index (χ3n) is 4.73. The number of anilines is 1. The molecule has 0 saturated carbocycles. The highest BCUT2D eigenvalue weighted by molar-refractivity contribution is 7.91. The molecule has 162 valence electrons. The lowest BCUT2D eigenvalue weighted by Crippen LogP contribution is -2.49. The zero-order valence-corrected chi connectivity index (χ0v) is 18.1. The van der Waals surface area contributed by atoms with E-state index in [0.717, 1.165) is 18.5 Å². The van der Waals surface area contributed by atoms with Gasteiger partial charge < -0.3 is 15.8 Å². The number of aliphatic hydroxyl groups is 1. The summed E-state index contributed by atoms with van der Waals surface area (Å²) in [6.07, 6.45) is 0.924. The van der Waals surface area contributed by atoms with E-state index in [1.165, 1.54) is 19.1 Å². The Bertz CT molecular complexity index is 1080. The van der Waals surface area contributed by atoms with Crippen LogP contribution in [0, 0.1) is 0 Å². The van der Waals surface area contributed by atoms with Gasteiger partial charge in [-0.05, 0) is 37.1 Å². The minimum Gasteiger partial charge on any atom is -0.388 e. The van der Waals surface area contributed by atoms with Gasteiger partial charge in [0.1, 0.15) is 0 Å². The summed E-state index contributed by atoms with van der Waals surface area (Å²) in [5, 5.41) is 12.8. The van der Waals surface area contributed by atoms with Crippen LogP contribution in [0.2, 0.25) is 0 Å². The zero-order valence-electron chi connectivity index (χ0n) is 17.3. The molecule has 0 fully saturated rings. The van der Waals surface area contributed by atoms with Crippen molar-refractivity contribution in [1.29, 1.82) is 0 Å². The second-order valence-corrected chi connectivity index (χ2v) is 9.79. The van der Waals surface area contributed by atoms with E-state index in [0.29, 0.717) is 17.6 Å². The van der Waals surface area contributed by atoms with E-state index < -0.39 is 21.2 Å². The number of fused-ring (bicyclic) bond motifs is 1. The van der Waals surface area contributed by atoms with E-state index >= 15 is 0 Å². The Hall–Kier alpha value is -2.46. The van der Waals surface area contributed by atoms with E-state index in [1.807, 2.05) is 35.3 Å². The Labute approximate surface area is 177 Å². The average molecular weight is 432 g/mol. The molecule has 0 amide bonds. The zero-order chi connectivity index (χ0) is 21.8. The second kappa shape index (κ2) is 9.13. The molecule has 0 unspecified atom stereocenters. The van der Waals surface area contributed by atoms with Crippen LogP contribution in [0.1, 0.15) is 25.8 Å². The lowest BCUT2D eigenvalue weighted by atomic mass is 10.1. The van der Waals surface area contributed by atoms with Crippen molar-refractivity contribution in [3.63, 3.8) is 0 Å². The molecule has 2 aromatic carbocycles. The molecule has 0 aliphatic carbocycles. The van der Waals surface area contributed by atoms with Crippen LogP contribution in [-0.4, -0.2) is 52.9 Å². The van der Waals surface area contributed by atoms with Gasteiger partial charge in [-0.3, -0.25) is 5.43 Å². The standard InChI is InChI=1S/C21H29N5O3S/c1-3-11-26(13-16-7-5-4-6-8-16)23-14-21(2,27)15-30(28,29)17-9-10-18-19(12-17)25-20(22)24-18/h4-10,12,23,27H,3,11,13-15H2,1-2H3,(H3,22,24,25)/t21-/m1/s1. The van der Waals surface area contributed by atoms with E-state index in [1.54, 1.807) is 6.07 Å². The molecule has 1 heterocycles. The minimum atomic E-state index is -3.72. The van der Waals surface area contributed by atoms with Gasteiger partial charge in [0, 0.05) is 19.6 Å². The van der Waals surface area contributed by atoms with Crippen molar-refractivity contribution in [3.05, 3.63) is 54.1 Å². The quantitative estimate of drug-likeness (QED) is 0.362. The maximum atomic E-state index is 12.9. The van der Waals surface area contributed by atoms with Crippen molar-refractivity contribution in [2.75, 3.05) is 24.6 Å². The number of imidazole rings is 1. The molecule has 0 spiro atoms. The summed E-state index contributed by atoms with van der Waals surface area (Å²) in [7, 11) is -3.72. The van der Waals surface area contributed by atoms with Crippen LogP contribution in [0.5, 0.6) is 0 Å². The molecule has 5 N–H and O–H groups in total. The number of hydrogen-bond acceptors (Lipinski definition) is 7. The molecule has 0 aliphatic heterocycles. The topological polar surface area (TPSA) is 124 Å². The van der Waals surface area contributed by atoms with Gasteiger partial charge in [0.05, 0.1) is 27.3 Å². The van der Waals surface area contributed by atoms with Gasteiger partial charge in [-0.25, -0.2) is 18.4 Å². The maximum absolute atomic E-state index is 12.9. The highest BCUT2D eigenvalue weighted by Crippen LogP contribution is 2.21. The lowest BCUT2D eigenvalue weighted by Gasteiger charge is -2.29. The Morgan fingerprint density at radius 1 is 1.23 bits per heavy atom. The lowest BCUT2D eigenvalue weighted by molar-refractivity contribution is 0.0477. The summed E-state index contributed by atoms with van der Waals surface area (Å²) in [5.41, 5.74) is 9.65. The van der Waals surface area contributed by atoms with Crippen LogP contribution in [0.3, 0.4) is 0 Å². The van der Waals surface area contributed by atoms with Crippen LogP contribution < -0.4 is 11.2 Å². The monoisotopic (exact) mass is 431 g/mol. The summed E-state index contributed by atoms with van der Waals surface area (Å²) >= 11 is 0. The molecular formula is C21H29N5O3S. The fourth-order valence-electron chi connectivity index (χ4n) is 3.32. The third-order valence-corrected chi connectivity index (χ3v) is 6.70. The van der Waals surface area contributed by atoms with Gasteiger partial charge in [0.25, 0.3) is 0 Å². The third kappa shape index (κ3) is 5.79. The van der Waals surface area contributed by atoms with Crippen LogP contribution in [0.15, 0.2) is 53.4 Å². The highest BCUT2D eigenvalue weighted by Gasteiger charge is 2.30. The predicted octanol–water partition coefficient (Wildman–Crippen LogP) is 2.09. The van der Waals surface area contributed by atoms with E-state index in [2.05, 4.69) is 22.3 Å². The van der Waals surface area contributed by atoms with Crippen molar-refractivity contribution in [1.82, 2.24) is 20.4 Å². The molecule has 0 aliphatic rings. The van der Waals surface area contributed by atoms with Crippen LogP contribution in [0.4, 0.5) is 5.95 Å². The van der Waals surface area contributed by atoms with Crippen molar-refractivity contribution >= 4 is 26.8 Å². The summed E-state index contributed by atoms with van der Waals surface area (Å²) < 4.78 is 25.8. The van der Waals surface area contributed by atoms with Crippen LogP contribution >= 0.6 is 0 Å². The van der Waals surface area contributed by atoms with E-state index in [-0.39, 0.29) is 17.4 Å². The van der Waals surface area contributed by atoms with Gasteiger partial charge >= 0.3 is 0 Å². The van der Waals surface area contributed by atoms with Gasteiger partial charge in [-0.15, -0.1) is 0 Å². The molecule has 3 aromatic rings. The normalized spacial score (nSPS) is 14.3. The molecular weight excluding hydrogens is 402 g/mol. The first kappa shape index (κ1) is 22.2. The molecule has 0 bridgehead atoms. The van der Waals surface area contributed by atoms with Crippen LogP contribution in [0.25, 0.3) is 11.0 Å². The highest BCUT2D eigenvalue weighted by atomic mass is 32.2. The molecule has 1 aromatic heterocycles. The van der Waals surface area contributed by atoms with Crippen molar-refractivity contribution in [2.45, 2.75) is 37.3 Å². The fourth-order valence-corrected chi connectivity index (χ4v) is 4.98. The first-order valence-corrected chi connectivity index (χ1v) is 11.6. The molecule has 9 heteroatoms. The number of nitrogens with one attached hydrogen (secondary N) is 2. The van der Waals surface area contributed by atoms with Gasteiger partial charge in [0.2, 0.25) is 0 Å². The molecule has 0 saturated heterocycles. The number of nitrogens with two attached hydrogens (primary N) is 1. The summed E-state index contributed by atoms with van der Waals surface area (Å²) in [5.74, 6) is -0.182. The summed E-state index contributed by atoms with van der Waals surface area (Å²) in [4.78, 5) is 7.02. The number of benzene rings is 2. The molecule has 1 atom stereocenters. The number of hydrogen-bond donors (Lipinski definition) is 4. The largest absolute Gasteiger partial charge is 0.388 e. The average Bonchev–Trinajstić information content (AvgIpc) is 3.05. The van der Waals surface area contributed by atoms with E-state index in [4.69, 9.17) is 5.73 Å². The van der Waals surface area contributed by atoms with Gasteiger partial charge in [-0.1, -0.05) is 37.3 Å². The number of nitrogen functional groups attached to an aromatic ring is 1. The summed E-state index contributed by atoms with van der Waals surface area (Å²) in [6, 6.07) is 14.6. The first-order valence-electron chi connectivity index (χ1n) is 9.91. The Morgan fingerprint density at radius 2 is 1.97 bits per heavy atom. The maximum Gasteiger partial charge on any atom is 0.198 e. The molecule has 8 nitrogen and oxygen atoms in total. The summed E-state index contributed by atoms with van der Waals surface area (Å²) in [6.45, 7) is 5.14. The molecule has 30 heavy (non-hydrogen) atoms. The van der Waals surface area contributed by atoms with Gasteiger partial charge in [-0.2, -0.15) is 0 Å². The molecule has 0 radical (unpaired) electrons. The Kier molecular flexibility index (Phi) is 6.77. The number of aromatic nitrogens is 2. The molecule has 3 rings (SSSR count). The number of hydrazine groups is 1. The second-order valence-electron chi connectivity index (χ2n) is 7.80. The minimum absolute atomic E-state index is 0.109. The number of aromatic amines is 1. The number of nitrogens with zero attached hydrogens (tertiary/aromatic N) is 2. The first-order chi connectivity index (χ1) is 14.2. The number of sulfone groups is 1. The van der Waals surface area contributed by atoms with E-state index in [9.17, 15) is 13.5 Å². The van der Waals surface area contributed by atoms with Crippen LogP contribution in [-0.2, 0) is 16.4 Å². The van der Waals surface area contributed by atoms with Crippen molar-refractivity contribution < 1.29 is 13.5 Å². The fraction of sp³-hybridized carbons (Fsp3) is 0.381. The smallest absolute Gasteiger partial charge is 0.198 e. The van der Waals surface area contributed by atoms with Crippen molar-refractivity contribution in [3.8, 4) is 0 Å². The SMILES string of the molecule is CCCN(Cc1ccccc1)NC[C@@](C)(O)CS(=O)(=O)c1ccc2nc(N)[nH]c2c1. The number of rotatable bonds is 10. The van der Waals surface area contributed by atoms with Gasteiger partial charge in [0.15, 0.2) is 15.8 Å². The predicted molar refractivity (Wildman–Crippen MR) is 118 cm³/mol. The Morgan fingerprint density at radius 3 is 2.67 bits per heavy atom. The van der Waals surface area contributed by atoms with Crippen molar-refractivity contribution in [2.24, 2.45) is 0 Å². The number of H-pyrrole nitrogens is 1.